The zero-order chi connectivity index (χ0) is 14.7. The highest BCUT2D eigenvalue weighted by molar-refractivity contribution is 6.30. The molecule has 0 spiro atoms. The molecule has 5 heteroatoms. The minimum absolute atomic E-state index is 0.0610. The van der Waals surface area contributed by atoms with Crippen molar-refractivity contribution in [2.45, 2.75) is 13.0 Å². The highest BCUT2D eigenvalue weighted by Gasteiger charge is 2.19. The van der Waals surface area contributed by atoms with Gasteiger partial charge in [-0.2, -0.15) is 0 Å². The van der Waals surface area contributed by atoms with Gasteiger partial charge in [-0.05, 0) is 36.8 Å². The van der Waals surface area contributed by atoms with Crippen molar-refractivity contribution in [3.05, 3.63) is 58.7 Å². The minimum Gasteiger partial charge on any atom is -0.384 e. The van der Waals surface area contributed by atoms with Gasteiger partial charge in [-0.3, -0.25) is 4.79 Å². The predicted molar refractivity (Wildman–Crippen MR) is 80.6 cm³/mol. The third-order valence-corrected chi connectivity index (χ3v) is 3.53. The number of amides is 1. The number of anilines is 1. The van der Waals surface area contributed by atoms with Gasteiger partial charge in [0.25, 0.3) is 5.91 Å². The van der Waals surface area contributed by atoms with Crippen LogP contribution >= 0.6 is 11.6 Å². The Morgan fingerprint density at radius 1 is 1.30 bits per heavy atom. The Bertz CT molecular complexity index is 613. The van der Waals surface area contributed by atoms with E-state index in [9.17, 15) is 4.79 Å². The third kappa shape index (κ3) is 3.08. The lowest BCUT2D eigenvalue weighted by atomic mass is 10.1. The lowest BCUT2D eigenvalue weighted by Gasteiger charge is -2.25. The number of halogens is 1. The summed E-state index contributed by atoms with van der Waals surface area (Å²) in [4.78, 5) is 17.9. The molecule has 0 aliphatic rings. The van der Waals surface area contributed by atoms with E-state index in [-0.39, 0.29) is 11.9 Å². The number of hydrogen-bond acceptors (Lipinski definition) is 3. The summed E-state index contributed by atoms with van der Waals surface area (Å²) in [6.07, 6.45) is 1.53. The van der Waals surface area contributed by atoms with Gasteiger partial charge in [-0.15, -0.1) is 0 Å². The summed E-state index contributed by atoms with van der Waals surface area (Å²) >= 11 is 5.87. The molecule has 104 valence electrons. The SMILES string of the molecule is CC(c1ccc(Cl)cc1)N(C)C(=O)c1ccnc(N)c1. The first-order valence-electron chi connectivity index (χ1n) is 6.23. The maximum Gasteiger partial charge on any atom is 0.254 e. The van der Waals surface area contributed by atoms with Crippen LogP contribution in [0.2, 0.25) is 5.02 Å². The molecule has 0 fully saturated rings. The van der Waals surface area contributed by atoms with Gasteiger partial charge < -0.3 is 10.6 Å². The molecule has 1 atom stereocenters. The molecule has 1 amide bonds. The van der Waals surface area contributed by atoms with E-state index in [1.165, 1.54) is 6.20 Å². The number of carbonyl (C=O) groups excluding carboxylic acids is 1. The fourth-order valence-corrected chi connectivity index (χ4v) is 2.05. The van der Waals surface area contributed by atoms with Gasteiger partial charge in [0.05, 0.1) is 6.04 Å². The number of pyridine rings is 1. The fourth-order valence-electron chi connectivity index (χ4n) is 1.93. The number of benzene rings is 1. The van der Waals surface area contributed by atoms with E-state index >= 15 is 0 Å². The van der Waals surface area contributed by atoms with Crippen LogP contribution < -0.4 is 5.73 Å². The van der Waals surface area contributed by atoms with Gasteiger partial charge in [0.15, 0.2) is 0 Å². The van der Waals surface area contributed by atoms with Crippen molar-refractivity contribution in [1.29, 1.82) is 0 Å². The van der Waals surface area contributed by atoms with E-state index in [1.807, 2.05) is 31.2 Å². The highest BCUT2D eigenvalue weighted by atomic mass is 35.5. The molecule has 2 N–H and O–H groups in total. The van der Waals surface area contributed by atoms with Crippen LogP contribution in [0, 0.1) is 0 Å². The number of carbonyl (C=O) groups is 1. The van der Waals surface area contributed by atoms with Crippen LogP contribution in [-0.4, -0.2) is 22.8 Å². The van der Waals surface area contributed by atoms with E-state index in [4.69, 9.17) is 17.3 Å². The zero-order valence-electron chi connectivity index (χ0n) is 11.4. The Morgan fingerprint density at radius 3 is 2.55 bits per heavy atom. The van der Waals surface area contributed by atoms with Crippen molar-refractivity contribution in [1.82, 2.24) is 9.88 Å². The molecule has 0 saturated carbocycles. The molecule has 1 aromatic heterocycles. The lowest BCUT2D eigenvalue weighted by molar-refractivity contribution is 0.0742. The van der Waals surface area contributed by atoms with Gasteiger partial charge in [0.2, 0.25) is 0 Å². The molecule has 0 aliphatic carbocycles. The topological polar surface area (TPSA) is 59.2 Å². The van der Waals surface area contributed by atoms with Crippen LogP contribution in [-0.2, 0) is 0 Å². The summed E-state index contributed by atoms with van der Waals surface area (Å²) in [6.45, 7) is 1.96. The van der Waals surface area contributed by atoms with E-state index in [0.717, 1.165) is 5.56 Å². The molecule has 0 bridgehead atoms. The lowest BCUT2D eigenvalue weighted by Crippen LogP contribution is -2.29. The molecule has 2 rings (SSSR count). The largest absolute Gasteiger partial charge is 0.384 e. The van der Waals surface area contributed by atoms with Gasteiger partial charge in [0, 0.05) is 23.8 Å². The Balaban J connectivity index is 2.20. The maximum absolute atomic E-state index is 12.4. The number of aromatic nitrogens is 1. The van der Waals surface area contributed by atoms with Crippen LogP contribution in [0.25, 0.3) is 0 Å². The Kier molecular flexibility index (Phi) is 4.25. The number of nitrogen functional groups attached to an aromatic ring is 1. The van der Waals surface area contributed by atoms with Crippen molar-refractivity contribution in [3.8, 4) is 0 Å². The minimum atomic E-state index is -0.0958. The number of hydrogen-bond donors (Lipinski definition) is 1. The number of rotatable bonds is 3. The first-order valence-corrected chi connectivity index (χ1v) is 6.61. The fraction of sp³-hybridized carbons (Fsp3) is 0.200. The molecule has 1 aromatic carbocycles. The highest BCUT2D eigenvalue weighted by Crippen LogP contribution is 2.22. The van der Waals surface area contributed by atoms with Gasteiger partial charge in [-0.1, -0.05) is 23.7 Å². The van der Waals surface area contributed by atoms with E-state index in [2.05, 4.69) is 4.98 Å². The second-order valence-corrected chi connectivity index (χ2v) is 5.05. The van der Waals surface area contributed by atoms with Crippen molar-refractivity contribution in [3.63, 3.8) is 0 Å². The standard InChI is InChI=1S/C15H16ClN3O/c1-10(11-3-5-13(16)6-4-11)19(2)15(20)12-7-8-18-14(17)9-12/h3-10H,1-2H3,(H2,17,18). The molecular weight excluding hydrogens is 274 g/mol. The number of nitrogens with two attached hydrogens (primary N) is 1. The van der Waals surface area contributed by atoms with Gasteiger partial charge in [0.1, 0.15) is 5.82 Å². The summed E-state index contributed by atoms with van der Waals surface area (Å²) in [5.74, 6) is 0.241. The van der Waals surface area contributed by atoms with Gasteiger partial charge in [-0.25, -0.2) is 4.98 Å². The summed E-state index contributed by atoms with van der Waals surface area (Å²) in [5, 5.41) is 0.678. The van der Waals surface area contributed by atoms with Crippen molar-refractivity contribution in [2.24, 2.45) is 0 Å². The van der Waals surface area contributed by atoms with Crippen LogP contribution in [0.3, 0.4) is 0 Å². The molecule has 0 radical (unpaired) electrons. The molecule has 0 aliphatic heterocycles. The third-order valence-electron chi connectivity index (χ3n) is 3.28. The van der Waals surface area contributed by atoms with Crippen molar-refractivity contribution >= 4 is 23.3 Å². The second kappa shape index (κ2) is 5.92. The summed E-state index contributed by atoms with van der Waals surface area (Å²) in [6, 6.07) is 10.6. The average Bonchev–Trinajstić information content (AvgIpc) is 2.46. The molecule has 0 saturated heterocycles. The second-order valence-electron chi connectivity index (χ2n) is 4.61. The molecule has 20 heavy (non-hydrogen) atoms. The first-order chi connectivity index (χ1) is 9.49. The summed E-state index contributed by atoms with van der Waals surface area (Å²) in [7, 11) is 1.76. The molecule has 2 aromatic rings. The molecule has 1 unspecified atom stereocenters. The molecule has 1 heterocycles. The molecular formula is C15H16ClN3O. The molecule has 4 nitrogen and oxygen atoms in total. The Labute approximate surface area is 123 Å². The monoisotopic (exact) mass is 289 g/mol. The predicted octanol–water partition coefficient (Wildman–Crippen LogP) is 3.15. The Morgan fingerprint density at radius 2 is 1.95 bits per heavy atom. The zero-order valence-corrected chi connectivity index (χ0v) is 12.1. The van der Waals surface area contributed by atoms with Crippen LogP contribution in [0.1, 0.15) is 28.9 Å². The summed E-state index contributed by atoms with van der Waals surface area (Å²) in [5.41, 5.74) is 7.15. The number of nitrogens with zero attached hydrogens (tertiary/aromatic N) is 2. The smallest absolute Gasteiger partial charge is 0.254 e. The normalized spacial score (nSPS) is 11.9. The van der Waals surface area contributed by atoms with E-state index < -0.39 is 0 Å². The van der Waals surface area contributed by atoms with Gasteiger partial charge >= 0.3 is 0 Å². The van der Waals surface area contributed by atoms with E-state index in [0.29, 0.717) is 16.4 Å². The first kappa shape index (κ1) is 14.3. The van der Waals surface area contributed by atoms with Crippen molar-refractivity contribution in [2.75, 3.05) is 12.8 Å². The average molecular weight is 290 g/mol. The van der Waals surface area contributed by atoms with Crippen LogP contribution in [0.5, 0.6) is 0 Å². The quantitative estimate of drug-likeness (QED) is 0.944. The Hall–Kier alpha value is -2.07. The van der Waals surface area contributed by atoms with Crippen molar-refractivity contribution < 1.29 is 4.79 Å². The van der Waals surface area contributed by atoms with E-state index in [1.54, 1.807) is 24.1 Å². The maximum atomic E-state index is 12.4. The summed E-state index contributed by atoms with van der Waals surface area (Å²) < 4.78 is 0. The van der Waals surface area contributed by atoms with Crippen LogP contribution in [0.15, 0.2) is 42.6 Å². The van der Waals surface area contributed by atoms with Crippen LogP contribution in [0.4, 0.5) is 5.82 Å².